The van der Waals surface area contributed by atoms with Crippen LogP contribution in [-0.4, -0.2) is 17.3 Å². The molecule has 0 spiro atoms. The van der Waals surface area contributed by atoms with Crippen LogP contribution in [-0.2, 0) is 10.3 Å². The van der Waals surface area contributed by atoms with E-state index in [4.69, 9.17) is 15.0 Å². The first-order valence-electron chi connectivity index (χ1n) is 7.78. The van der Waals surface area contributed by atoms with Crippen LogP contribution in [0.5, 0.6) is 0 Å². The van der Waals surface area contributed by atoms with E-state index in [9.17, 15) is 0 Å². The SMILES string of the molecule is CC[C@H](C)[C@H](N)c1nc(C2(OC)CCCCCC2)no1. The van der Waals surface area contributed by atoms with Crippen LogP contribution in [0, 0.1) is 5.92 Å². The van der Waals surface area contributed by atoms with Gasteiger partial charge in [-0.25, -0.2) is 0 Å². The van der Waals surface area contributed by atoms with Gasteiger partial charge in [-0.2, -0.15) is 4.98 Å². The molecule has 0 bridgehead atoms. The van der Waals surface area contributed by atoms with Crippen LogP contribution in [0.4, 0.5) is 0 Å². The van der Waals surface area contributed by atoms with Crippen molar-refractivity contribution in [3.8, 4) is 0 Å². The van der Waals surface area contributed by atoms with E-state index in [0.717, 1.165) is 32.1 Å². The zero-order chi connectivity index (χ0) is 14.6. The average molecular weight is 281 g/mol. The number of hydrogen-bond donors (Lipinski definition) is 1. The molecule has 1 aliphatic rings. The van der Waals surface area contributed by atoms with E-state index in [1.165, 1.54) is 12.8 Å². The fourth-order valence-corrected chi connectivity index (χ4v) is 2.87. The largest absolute Gasteiger partial charge is 0.370 e. The molecule has 0 aromatic carbocycles. The van der Waals surface area contributed by atoms with E-state index < -0.39 is 0 Å². The molecule has 2 rings (SSSR count). The Labute approximate surface area is 121 Å². The predicted molar refractivity (Wildman–Crippen MR) is 77.1 cm³/mol. The van der Waals surface area contributed by atoms with Crippen molar-refractivity contribution in [2.75, 3.05) is 7.11 Å². The third kappa shape index (κ3) is 3.04. The summed E-state index contributed by atoms with van der Waals surface area (Å²) in [4.78, 5) is 4.56. The van der Waals surface area contributed by atoms with Crippen molar-refractivity contribution in [1.29, 1.82) is 0 Å². The highest BCUT2D eigenvalue weighted by Crippen LogP contribution is 2.38. The van der Waals surface area contributed by atoms with Gasteiger partial charge in [0.2, 0.25) is 11.7 Å². The molecule has 1 aromatic rings. The van der Waals surface area contributed by atoms with Gasteiger partial charge in [0.1, 0.15) is 5.60 Å². The quantitative estimate of drug-likeness (QED) is 0.838. The average Bonchev–Trinajstić information content (AvgIpc) is 2.85. The molecule has 0 aliphatic heterocycles. The van der Waals surface area contributed by atoms with Gasteiger partial charge < -0.3 is 15.0 Å². The summed E-state index contributed by atoms with van der Waals surface area (Å²) in [5, 5.41) is 4.17. The molecule has 1 saturated carbocycles. The van der Waals surface area contributed by atoms with Crippen LogP contribution in [0.1, 0.15) is 76.6 Å². The fourth-order valence-electron chi connectivity index (χ4n) is 2.87. The maximum absolute atomic E-state index is 6.17. The summed E-state index contributed by atoms with van der Waals surface area (Å²) < 4.78 is 11.2. The Hall–Kier alpha value is -0.940. The van der Waals surface area contributed by atoms with Crippen molar-refractivity contribution in [2.24, 2.45) is 11.7 Å². The lowest BCUT2D eigenvalue weighted by atomic mass is 9.93. The molecule has 0 unspecified atom stereocenters. The van der Waals surface area contributed by atoms with Crippen LogP contribution in [0.25, 0.3) is 0 Å². The predicted octanol–water partition coefficient (Wildman–Crippen LogP) is 3.31. The second kappa shape index (κ2) is 6.68. The molecule has 0 saturated heterocycles. The maximum Gasteiger partial charge on any atom is 0.243 e. The first kappa shape index (κ1) is 15.4. The van der Waals surface area contributed by atoms with Crippen molar-refractivity contribution in [2.45, 2.75) is 70.4 Å². The molecule has 0 amide bonds. The second-order valence-electron chi connectivity index (χ2n) is 5.98. The first-order valence-corrected chi connectivity index (χ1v) is 7.78. The molecular formula is C15H27N3O2. The van der Waals surface area contributed by atoms with Crippen LogP contribution >= 0.6 is 0 Å². The molecule has 2 atom stereocenters. The molecule has 1 fully saturated rings. The Morgan fingerprint density at radius 1 is 1.30 bits per heavy atom. The van der Waals surface area contributed by atoms with Gasteiger partial charge in [0.15, 0.2) is 0 Å². The van der Waals surface area contributed by atoms with Gasteiger partial charge in [0.25, 0.3) is 0 Å². The number of ether oxygens (including phenoxy) is 1. The highest BCUT2D eigenvalue weighted by Gasteiger charge is 2.38. The number of nitrogens with two attached hydrogens (primary N) is 1. The fraction of sp³-hybridized carbons (Fsp3) is 0.867. The number of aromatic nitrogens is 2. The van der Waals surface area contributed by atoms with Gasteiger partial charge in [0.05, 0.1) is 6.04 Å². The molecular weight excluding hydrogens is 254 g/mol. The summed E-state index contributed by atoms with van der Waals surface area (Å²) in [6, 6.07) is -0.194. The first-order chi connectivity index (χ1) is 9.63. The minimum atomic E-state index is -0.382. The number of methoxy groups -OCH3 is 1. The van der Waals surface area contributed by atoms with Crippen LogP contribution in [0.15, 0.2) is 4.52 Å². The number of hydrogen-bond acceptors (Lipinski definition) is 5. The summed E-state index contributed by atoms with van der Waals surface area (Å²) >= 11 is 0. The molecule has 0 radical (unpaired) electrons. The van der Waals surface area contributed by atoms with E-state index in [0.29, 0.717) is 17.6 Å². The minimum Gasteiger partial charge on any atom is -0.370 e. The lowest BCUT2D eigenvalue weighted by molar-refractivity contribution is -0.0365. The van der Waals surface area contributed by atoms with E-state index in [1.54, 1.807) is 7.11 Å². The third-order valence-corrected chi connectivity index (χ3v) is 4.69. The topological polar surface area (TPSA) is 74.2 Å². The standard InChI is InChI=1S/C15H27N3O2/c1-4-11(2)12(16)13-17-14(18-20-13)15(19-3)9-7-5-6-8-10-15/h11-12H,4-10,16H2,1-3H3/t11-,12-/m0/s1. The summed E-state index contributed by atoms with van der Waals surface area (Å²) in [5.41, 5.74) is 5.79. The Bertz CT molecular complexity index is 411. The summed E-state index contributed by atoms with van der Waals surface area (Å²) in [5.74, 6) is 1.54. The zero-order valence-corrected chi connectivity index (χ0v) is 12.9. The Kier molecular flexibility index (Phi) is 5.16. The molecule has 1 aromatic heterocycles. The maximum atomic E-state index is 6.17. The van der Waals surface area contributed by atoms with Gasteiger partial charge in [0, 0.05) is 7.11 Å². The van der Waals surface area contributed by atoms with Gasteiger partial charge in [-0.1, -0.05) is 51.1 Å². The van der Waals surface area contributed by atoms with Crippen molar-refractivity contribution >= 4 is 0 Å². The monoisotopic (exact) mass is 281 g/mol. The highest BCUT2D eigenvalue weighted by atomic mass is 16.5. The van der Waals surface area contributed by atoms with Crippen molar-refractivity contribution in [3.05, 3.63) is 11.7 Å². The Morgan fingerprint density at radius 2 is 1.95 bits per heavy atom. The third-order valence-electron chi connectivity index (χ3n) is 4.69. The van der Waals surface area contributed by atoms with E-state index >= 15 is 0 Å². The van der Waals surface area contributed by atoms with Crippen LogP contribution in [0.2, 0.25) is 0 Å². The zero-order valence-electron chi connectivity index (χ0n) is 12.9. The summed E-state index contributed by atoms with van der Waals surface area (Å²) in [6.07, 6.45) is 7.71. The summed E-state index contributed by atoms with van der Waals surface area (Å²) in [7, 11) is 1.75. The molecule has 2 N–H and O–H groups in total. The van der Waals surface area contributed by atoms with Crippen molar-refractivity contribution in [3.63, 3.8) is 0 Å². The van der Waals surface area contributed by atoms with E-state index in [2.05, 4.69) is 24.0 Å². The lowest BCUT2D eigenvalue weighted by Gasteiger charge is -2.27. The Balaban J connectivity index is 2.21. The normalized spacial score (nSPS) is 22.2. The number of nitrogens with zero attached hydrogens (tertiary/aromatic N) is 2. The summed E-state index contributed by atoms with van der Waals surface area (Å²) in [6.45, 7) is 4.22. The van der Waals surface area contributed by atoms with Gasteiger partial charge >= 0.3 is 0 Å². The van der Waals surface area contributed by atoms with Crippen LogP contribution < -0.4 is 5.73 Å². The van der Waals surface area contributed by atoms with Gasteiger partial charge in [-0.15, -0.1) is 0 Å². The molecule has 5 heteroatoms. The Morgan fingerprint density at radius 3 is 2.50 bits per heavy atom. The molecule has 1 heterocycles. The van der Waals surface area contributed by atoms with Crippen LogP contribution in [0.3, 0.4) is 0 Å². The van der Waals surface area contributed by atoms with Crippen molar-refractivity contribution in [1.82, 2.24) is 10.1 Å². The molecule has 5 nitrogen and oxygen atoms in total. The van der Waals surface area contributed by atoms with E-state index in [1.807, 2.05) is 0 Å². The van der Waals surface area contributed by atoms with Gasteiger partial charge in [-0.05, 0) is 18.8 Å². The molecule has 114 valence electrons. The minimum absolute atomic E-state index is 0.194. The smallest absolute Gasteiger partial charge is 0.243 e. The lowest BCUT2D eigenvalue weighted by Crippen LogP contribution is -2.29. The number of rotatable bonds is 5. The molecule has 1 aliphatic carbocycles. The molecule has 20 heavy (non-hydrogen) atoms. The highest BCUT2D eigenvalue weighted by molar-refractivity contribution is 5.04. The van der Waals surface area contributed by atoms with Gasteiger partial charge in [-0.3, -0.25) is 0 Å². The second-order valence-corrected chi connectivity index (χ2v) is 5.98. The van der Waals surface area contributed by atoms with Crippen molar-refractivity contribution < 1.29 is 9.26 Å². The van der Waals surface area contributed by atoms with E-state index in [-0.39, 0.29) is 11.6 Å².